The molecule has 210 valence electrons. The number of rotatable bonds is 5. The molecule has 0 radical (unpaired) electrons. The van der Waals surface area contributed by atoms with Crippen molar-refractivity contribution in [1.29, 1.82) is 0 Å². The molecule has 0 bridgehead atoms. The van der Waals surface area contributed by atoms with Crippen LogP contribution in [0.5, 0.6) is 0 Å². The lowest BCUT2D eigenvalue weighted by Gasteiger charge is -2.63. The van der Waals surface area contributed by atoms with Gasteiger partial charge in [-0.05, 0) is 98.0 Å². The molecule has 0 aromatic carbocycles. The summed E-state index contributed by atoms with van der Waals surface area (Å²) < 4.78 is 17.2. The Balaban J connectivity index is 1.14. The molecule has 10 heteroatoms. The minimum atomic E-state index is -1.17. The summed E-state index contributed by atoms with van der Waals surface area (Å²) in [7, 11) is 0. The van der Waals surface area contributed by atoms with E-state index in [1.54, 1.807) is 6.08 Å². The molecule has 0 spiro atoms. The summed E-state index contributed by atoms with van der Waals surface area (Å²) in [6.07, 6.45) is 6.00. The Morgan fingerprint density at radius 3 is 2.66 bits per heavy atom. The fourth-order valence-corrected chi connectivity index (χ4v) is 9.78. The van der Waals surface area contributed by atoms with Crippen molar-refractivity contribution in [3.8, 4) is 0 Å². The third-order valence-electron chi connectivity index (χ3n) is 11.9. The van der Waals surface area contributed by atoms with Gasteiger partial charge in [-0.15, -0.1) is 0 Å². The number of aliphatic hydroxyl groups is 3. The summed E-state index contributed by atoms with van der Waals surface area (Å²) in [5.74, 6) is 1.10. The standard InChI is InChI=1S/C28H41N3O7/c1-26-8-5-17(37-25-24(34)23(33)21(38-25)13-30-31-29)12-16(26)3-4-20-19(26)6-9-27(2)18(7-10-28(20,27)35)15-11-22(32)36-14-15/h11,16-21,23-25,33-35H,3-10,12-14H2,1-2H3/t16-,17-,18+,19-,20+,21+,23+,24+,25+,26-,27+,28+/m0/s1. The van der Waals surface area contributed by atoms with Crippen LogP contribution in [0.15, 0.2) is 16.8 Å². The predicted molar refractivity (Wildman–Crippen MR) is 135 cm³/mol. The third kappa shape index (κ3) is 3.86. The Hall–Kier alpha value is -1.68. The number of carbonyl (C=O) groups excluding carboxylic acids is 1. The maximum absolute atomic E-state index is 12.4. The Bertz CT molecular complexity index is 1050. The summed E-state index contributed by atoms with van der Waals surface area (Å²) >= 11 is 0. The van der Waals surface area contributed by atoms with Gasteiger partial charge in [0.2, 0.25) is 0 Å². The van der Waals surface area contributed by atoms with E-state index in [0.29, 0.717) is 18.4 Å². The van der Waals surface area contributed by atoms with Gasteiger partial charge in [-0.3, -0.25) is 0 Å². The van der Waals surface area contributed by atoms with Gasteiger partial charge >= 0.3 is 5.97 Å². The lowest BCUT2D eigenvalue weighted by Crippen LogP contribution is -2.62. The zero-order valence-electron chi connectivity index (χ0n) is 22.4. The Morgan fingerprint density at radius 1 is 1.11 bits per heavy atom. The lowest BCUT2D eigenvalue weighted by atomic mass is 9.43. The molecule has 6 aliphatic rings. The highest BCUT2D eigenvalue weighted by Gasteiger charge is 2.67. The van der Waals surface area contributed by atoms with E-state index in [0.717, 1.165) is 63.4 Å². The van der Waals surface area contributed by atoms with E-state index in [1.165, 1.54) is 0 Å². The SMILES string of the molecule is C[C@]12CC[C@H](O[C@@H]3O[C@H](CN=[N+]=[N-])[C@@H](O)[C@H]3O)C[C@@H]1CC[C@@H]1[C@@H]2CC[C@]2(C)[C@@H](C3=CC(=O)OC3)CC[C@@]12O. The van der Waals surface area contributed by atoms with Crippen molar-refractivity contribution in [3.05, 3.63) is 22.1 Å². The van der Waals surface area contributed by atoms with Crippen molar-refractivity contribution in [1.82, 2.24) is 0 Å². The van der Waals surface area contributed by atoms with E-state index < -0.39 is 30.2 Å². The molecule has 6 rings (SSSR count). The van der Waals surface area contributed by atoms with Crippen molar-refractivity contribution < 1.29 is 34.3 Å². The normalized spacial score (nSPS) is 51.9. The van der Waals surface area contributed by atoms with E-state index in [-0.39, 0.29) is 41.3 Å². The van der Waals surface area contributed by atoms with Gasteiger partial charge in [0.25, 0.3) is 0 Å². The van der Waals surface area contributed by atoms with E-state index in [4.69, 9.17) is 19.7 Å². The van der Waals surface area contributed by atoms with Crippen molar-refractivity contribution in [2.24, 2.45) is 39.6 Å². The van der Waals surface area contributed by atoms with Crippen LogP contribution in [0.4, 0.5) is 0 Å². The average Bonchev–Trinajstić information content (AvgIpc) is 3.52. The first-order chi connectivity index (χ1) is 18.1. The van der Waals surface area contributed by atoms with Crippen LogP contribution in [0.25, 0.3) is 10.4 Å². The van der Waals surface area contributed by atoms with Crippen molar-refractivity contribution >= 4 is 5.97 Å². The molecule has 3 N–H and O–H groups in total. The van der Waals surface area contributed by atoms with Crippen LogP contribution in [0, 0.1) is 34.5 Å². The van der Waals surface area contributed by atoms with Crippen LogP contribution in [0.2, 0.25) is 0 Å². The van der Waals surface area contributed by atoms with E-state index in [2.05, 4.69) is 23.9 Å². The maximum Gasteiger partial charge on any atom is 0.331 e. The highest BCUT2D eigenvalue weighted by molar-refractivity contribution is 5.85. The van der Waals surface area contributed by atoms with E-state index in [1.807, 2.05) is 0 Å². The van der Waals surface area contributed by atoms with Crippen LogP contribution >= 0.6 is 0 Å². The minimum absolute atomic E-state index is 0.0493. The first-order valence-electron chi connectivity index (χ1n) is 14.4. The Morgan fingerprint density at radius 2 is 1.92 bits per heavy atom. The summed E-state index contributed by atoms with van der Waals surface area (Å²) in [6.45, 7) is 4.98. The van der Waals surface area contributed by atoms with Gasteiger partial charge in [0.15, 0.2) is 6.29 Å². The van der Waals surface area contributed by atoms with Crippen LogP contribution < -0.4 is 0 Å². The second kappa shape index (κ2) is 9.46. The van der Waals surface area contributed by atoms with Gasteiger partial charge in [-0.2, -0.15) is 0 Å². The third-order valence-corrected chi connectivity index (χ3v) is 11.9. The fraction of sp³-hybridized carbons (Fsp3) is 0.893. The van der Waals surface area contributed by atoms with Gasteiger partial charge in [0.1, 0.15) is 18.8 Å². The summed E-state index contributed by atoms with van der Waals surface area (Å²) in [5.41, 5.74) is 8.78. The zero-order chi connectivity index (χ0) is 26.9. The van der Waals surface area contributed by atoms with Gasteiger partial charge in [0, 0.05) is 16.4 Å². The molecule has 10 nitrogen and oxygen atoms in total. The number of nitrogens with zero attached hydrogens (tertiary/aromatic N) is 3. The zero-order valence-corrected chi connectivity index (χ0v) is 22.4. The highest BCUT2D eigenvalue weighted by atomic mass is 16.7. The number of azide groups is 1. The average molecular weight is 532 g/mol. The van der Waals surface area contributed by atoms with Crippen LogP contribution in [0.1, 0.15) is 71.6 Å². The van der Waals surface area contributed by atoms with Gasteiger partial charge in [-0.1, -0.05) is 19.0 Å². The molecule has 1 saturated heterocycles. The number of fused-ring (bicyclic) bond motifs is 5. The lowest BCUT2D eigenvalue weighted by molar-refractivity contribution is -0.230. The predicted octanol–water partition coefficient (Wildman–Crippen LogP) is 3.39. The van der Waals surface area contributed by atoms with E-state index >= 15 is 0 Å². The van der Waals surface area contributed by atoms with Crippen molar-refractivity contribution in [2.45, 2.75) is 108 Å². The first-order valence-corrected chi connectivity index (χ1v) is 14.4. The highest BCUT2D eigenvalue weighted by Crippen LogP contribution is 2.70. The minimum Gasteiger partial charge on any atom is -0.458 e. The summed E-state index contributed by atoms with van der Waals surface area (Å²) in [4.78, 5) is 14.5. The second-order valence-corrected chi connectivity index (χ2v) is 13.3. The molecule has 5 fully saturated rings. The fourth-order valence-electron chi connectivity index (χ4n) is 9.78. The molecule has 2 aliphatic heterocycles. The van der Waals surface area contributed by atoms with E-state index in [9.17, 15) is 20.1 Å². The molecule has 2 heterocycles. The molecule has 38 heavy (non-hydrogen) atoms. The van der Waals surface area contributed by atoms with Gasteiger partial charge < -0.3 is 29.5 Å². The second-order valence-electron chi connectivity index (χ2n) is 13.3. The molecule has 0 aromatic heterocycles. The summed E-state index contributed by atoms with van der Waals surface area (Å²) in [6, 6.07) is 0. The quantitative estimate of drug-likeness (QED) is 0.213. The molecular weight excluding hydrogens is 490 g/mol. The van der Waals surface area contributed by atoms with Crippen molar-refractivity contribution in [2.75, 3.05) is 13.2 Å². The number of esters is 1. The van der Waals surface area contributed by atoms with Crippen LogP contribution in [-0.4, -0.2) is 70.7 Å². The number of carbonyl (C=O) groups is 1. The Kier molecular flexibility index (Phi) is 6.61. The van der Waals surface area contributed by atoms with Crippen LogP contribution in [0.3, 0.4) is 0 Å². The Labute approximate surface area is 223 Å². The monoisotopic (exact) mass is 531 g/mol. The topological polar surface area (TPSA) is 154 Å². The molecule has 0 unspecified atom stereocenters. The van der Waals surface area contributed by atoms with Gasteiger partial charge in [-0.25, -0.2) is 4.79 Å². The number of ether oxygens (including phenoxy) is 3. The first kappa shape index (κ1) is 26.5. The summed E-state index contributed by atoms with van der Waals surface area (Å²) in [5, 5.41) is 36.6. The number of hydrogen-bond donors (Lipinski definition) is 3. The van der Waals surface area contributed by atoms with Crippen molar-refractivity contribution in [3.63, 3.8) is 0 Å². The maximum atomic E-state index is 12.4. The molecule has 4 aliphatic carbocycles. The van der Waals surface area contributed by atoms with Gasteiger partial charge in [0.05, 0.1) is 24.4 Å². The number of cyclic esters (lactones) is 1. The molecule has 0 aromatic rings. The molecule has 0 amide bonds. The largest absolute Gasteiger partial charge is 0.458 e. The number of hydrogen-bond acceptors (Lipinski definition) is 8. The number of aliphatic hydroxyl groups excluding tert-OH is 2. The van der Waals surface area contributed by atoms with Crippen LogP contribution in [-0.2, 0) is 19.0 Å². The molecular formula is C28H41N3O7. The molecule has 12 atom stereocenters. The smallest absolute Gasteiger partial charge is 0.331 e. The molecule has 4 saturated carbocycles.